The van der Waals surface area contributed by atoms with Crippen LogP contribution in [0.25, 0.3) is 0 Å². The summed E-state index contributed by atoms with van der Waals surface area (Å²) < 4.78 is 17.8. The fraction of sp³-hybridized carbons (Fsp3) is 0. The summed E-state index contributed by atoms with van der Waals surface area (Å²) in [6.07, 6.45) is 0. The molecule has 0 fully saturated rings. The smallest absolute Gasteiger partial charge is 0.412 e. The fourth-order valence-electron chi connectivity index (χ4n) is 0. The summed E-state index contributed by atoms with van der Waals surface area (Å²) in [7, 11) is -9.28. The van der Waals surface area contributed by atoms with Gasteiger partial charge in [-0.25, -0.2) is 9.13 Å². The van der Waals surface area contributed by atoms with Crippen molar-refractivity contribution in [2.24, 2.45) is 0 Å². The molecule has 0 spiro atoms. The Labute approximate surface area is 140 Å². The van der Waals surface area contributed by atoms with Crippen LogP contribution < -0.4 is 0 Å². The first kappa shape index (κ1) is 36.0. The van der Waals surface area contributed by atoms with Gasteiger partial charge in [0.05, 0.1) is 0 Å². The molecule has 0 aliphatic carbocycles. The number of hydrogen-bond donors (Lipinski definition) is 6. The summed E-state index contributed by atoms with van der Waals surface area (Å²) >= 11 is 0. The van der Waals surface area contributed by atoms with E-state index < -0.39 is 15.6 Å². The third-order valence-corrected chi connectivity index (χ3v) is 0. The summed E-state index contributed by atoms with van der Waals surface area (Å²) in [5, 5.41) is 0. The maximum absolute atomic E-state index is 8.88. The molecular weight excluding hydrogens is 828 g/mol. The maximum atomic E-state index is 8.88. The normalized spacial score (nSPS) is 8.43. The van der Waals surface area contributed by atoms with Crippen LogP contribution >= 0.6 is 15.6 Å². The molecule has 0 amide bonds. The molecule has 0 unspecified atom stereocenters. The Hall–Kier alpha value is 2.95. The van der Waals surface area contributed by atoms with Gasteiger partial charge >= 0.3 is 15.6 Å². The van der Waals surface area contributed by atoms with Crippen LogP contribution in [-0.4, -0.2) is 117 Å². The van der Waals surface area contributed by atoms with E-state index in [-0.39, 0.29) is 87.4 Å². The van der Waals surface area contributed by atoms with E-state index in [1.165, 1.54) is 0 Å². The molecule has 0 rings (SSSR count). The molecule has 0 aliphatic rings. The molecule has 8 N–H and O–H groups in total. The topological polar surface area (TPSA) is 187 Å². The van der Waals surface area contributed by atoms with E-state index in [2.05, 4.69) is 0 Å². The van der Waals surface area contributed by atoms with Gasteiger partial charge in [-0.15, -0.1) is 0 Å². The van der Waals surface area contributed by atoms with Gasteiger partial charge in [-0.1, -0.05) is 0 Å². The van der Waals surface area contributed by atoms with Gasteiger partial charge in [0.15, 0.2) is 0 Å². The van der Waals surface area contributed by atoms with E-state index in [9.17, 15) is 0 Å². The molecule has 0 atom stereocenters. The Kier molecular flexibility index (Phi) is 41.0. The molecule has 14 heavy (non-hydrogen) atoms. The molecule has 0 bridgehead atoms. The van der Waals surface area contributed by atoms with E-state index in [1.54, 1.807) is 0 Å². The van der Waals surface area contributed by atoms with Crippen molar-refractivity contribution in [2.75, 3.05) is 0 Å². The molecule has 12 radical (unpaired) electrons. The van der Waals surface area contributed by atoms with E-state index in [0.717, 1.165) is 0 Å². The van der Waals surface area contributed by atoms with Gasteiger partial charge in [-0.3, -0.25) is 0 Å². The predicted molar refractivity (Wildman–Crippen MR) is 49.4 cm³/mol. The number of hydrogen-bond acceptors (Lipinski definition) is 2. The van der Waals surface area contributed by atoms with Crippen LogP contribution in [0.4, 0.5) is 0 Å². The van der Waals surface area contributed by atoms with Crippen LogP contribution in [0.15, 0.2) is 0 Å². The standard InChI is InChI=1S/2H3O4P.H2O.3Pb/c2*1-5(2,3)4;;;;/h2*(H3,1,2,3,4);1H2;;;. The number of rotatable bonds is 0. The van der Waals surface area contributed by atoms with Crippen molar-refractivity contribution in [3.05, 3.63) is 0 Å². The molecule has 0 aromatic heterocycles. The molecule has 0 aromatic carbocycles. The van der Waals surface area contributed by atoms with Gasteiger partial charge in [0, 0.05) is 81.9 Å². The van der Waals surface area contributed by atoms with Crippen molar-refractivity contribution in [1.82, 2.24) is 0 Å². The van der Waals surface area contributed by atoms with Crippen molar-refractivity contribution >= 4 is 97.5 Å². The van der Waals surface area contributed by atoms with Crippen LogP contribution in [0, 0.1) is 0 Å². The zero-order chi connectivity index (χ0) is 9.00. The van der Waals surface area contributed by atoms with Crippen molar-refractivity contribution in [3.63, 3.8) is 0 Å². The minimum absolute atomic E-state index is 0. The van der Waals surface area contributed by atoms with Crippen LogP contribution in [0.3, 0.4) is 0 Å². The largest absolute Gasteiger partial charge is 0.466 e. The van der Waals surface area contributed by atoms with Crippen LogP contribution in [0.5, 0.6) is 0 Å². The van der Waals surface area contributed by atoms with E-state index in [0.29, 0.717) is 0 Å². The average Bonchev–Trinajstić information content (AvgIpc) is 1.12. The Morgan fingerprint density at radius 3 is 0.571 bits per heavy atom. The Balaban J connectivity index is -0.0000000178. The second-order valence-electron chi connectivity index (χ2n) is 1.03. The monoisotopic (exact) mass is 838 g/mol. The molecule has 14 heteroatoms. The van der Waals surface area contributed by atoms with E-state index in [4.69, 9.17) is 38.5 Å². The molecule has 9 nitrogen and oxygen atoms in total. The third-order valence-electron chi connectivity index (χ3n) is 0. The van der Waals surface area contributed by atoms with Crippen molar-refractivity contribution in [1.29, 1.82) is 0 Å². The Morgan fingerprint density at radius 1 is 0.571 bits per heavy atom. The van der Waals surface area contributed by atoms with Crippen molar-refractivity contribution < 1.29 is 44.0 Å². The van der Waals surface area contributed by atoms with Crippen LogP contribution in [-0.2, 0) is 9.13 Å². The fourth-order valence-corrected chi connectivity index (χ4v) is 0. The summed E-state index contributed by atoms with van der Waals surface area (Å²) in [6, 6.07) is 0. The Bertz CT molecular complexity index is 130. The maximum Gasteiger partial charge on any atom is 0.466 e. The van der Waals surface area contributed by atoms with Crippen LogP contribution in [0.2, 0.25) is 0 Å². The van der Waals surface area contributed by atoms with Crippen molar-refractivity contribution in [3.8, 4) is 0 Å². The van der Waals surface area contributed by atoms with Gasteiger partial charge in [0.2, 0.25) is 0 Å². The molecule has 0 heterocycles. The first-order valence-corrected chi connectivity index (χ1v) is 4.70. The van der Waals surface area contributed by atoms with Gasteiger partial charge in [-0.05, 0) is 0 Å². The van der Waals surface area contributed by atoms with Gasteiger partial charge < -0.3 is 34.8 Å². The van der Waals surface area contributed by atoms with Gasteiger partial charge in [0.25, 0.3) is 0 Å². The number of phosphoric acid groups is 2. The summed E-state index contributed by atoms with van der Waals surface area (Å²) in [6.45, 7) is 0. The van der Waals surface area contributed by atoms with E-state index in [1.807, 2.05) is 0 Å². The first-order valence-electron chi connectivity index (χ1n) is 1.57. The van der Waals surface area contributed by atoms with E-state index >= 15 is 0 Å². The molecule has 0 aromatic rings. The van der Waals surface area contributed by atoms with Crippen LogP contribution in [0.1, 0.15) is 0 Å². The molecular formula is H8O9P2Pb3. The second-order valence-corrected chi connectivity index (χ2v) is 3.08. The zero-order valence-corrected chi connectivity index (χ0v) is 19.8. The molecule has 0 saturated carbocycles. The summed E-state index contributed by atoms with van der Waals surface area (Å²) in [5.41, 5.74) is 0. The van der Waals surface area contributed by atoms with Gasteiger partial charge in [0.1, 0.15) is 0 Å². The quantitative estimate of drug-likeness (QED) is 0.106. The summed E-state index contributed by atoms with van der Waals surface area (Å²) in [5.74, 6) is 0. The summed E-state index contributed by atoms with van der Waals surface area (Å²) in [4.78, 5) is 43.1. The van der Waals surface area contributed by atoms with Crippen molar-refractivity contribution in [2.45, 2.75) is 0 Å². The van der Waals surface area contributed by atoms with Gasteiger partial charge in [-0.2, -0.15) is 0 Å². The first-order chi connectivity index (χ1) is 4.00. The SMILES string of the molecule is O.O=P(O)(O)O.O=P(O)(O)O.[Pb].[Pb].[Pb]. The Morgan fingerprint density at radius 2 is 0.571 bits per heavy atom. The molecule has 0 saturated heterocycles. The molecule has 84 valence electrons. The average molecular weight is 836 g/mol. The molecule has 0 aliphatic heterocycles. The minimum Gasteiger partial charge on any atom is -0.412 e. The minimum atomic E-state index is -4.64. The predicted octanol–water partition coefficient (Wildman–Crippen LogP) is -3.82. The second kappa shape index (κ2) is 15.9. The third kappa shape index (κ3) is 335. The zero-order valence-electron chi connectivity index (χ0n) is 6.39.